The molecule has 0 radical (unpaired) electrons. The average molecular weight is 226 g/mol. The van der Waals surface area contributed by atoms with E-state index in [1.165, 1.54) is 0 Å². The molecule has 0 aliphatic rings. The Hall–Kier alpha value is 0.242. The van der Waals surface area contributed by atoms with Crippen molar-refractivity contribution in [3.8, 4) is 0 Å². The molecule has 0 saturated carbocycles. The summed E-state index contributed by atoms with van der Waals surface area (Å²) in [4.78, 5) is 0. The van der Waals surface area contributed by atoms with Gasteiger partial charge in [-0.15, -0.1) is 0 Å². The molecule has 0 saturated heterocycles. The molecule has 0 aromatic rings. The molecule has 0 bridgehead atoms. The first kappa shape index (κ1) is 4810. The van der Waals surface area contributed by atoms with Crippen LogP contribution in [0.2, 0.25) is 0 Å². The second kappa shape index (κ2) is 2920. The van der Waals surface area contributed by atoms with Crippen LogP contribution >= 0.6 is 0 Å². The molecule has 0 aromatic carbocycles. The van der Waals surface area contributed by atoms with E-state index >= 15 is 0 Å². The Balaban J connectivity index is 0. The van der Waals surface area contributed by atoms with Crippen LogP contribution in [-0.2, 0) is 20.4 Å². The van der Waals surface area contributed by atoms with Gasteiger partial charge >= 0.3 is 0 Å². The summed E-state index contributed by atoms with van der Waals surface area (Å²) in [6.07, 6.45) is 0. The Bertz CT molecular complexity index is 4.14. The quantitative estimate of drug-likeness (QED) is 0.425. The molecule has 0 unspecified atom stereocenters. The fourth-order valence-corrected chi connectivity index (χ4v) is 0. The average Bonchev–Trinajstić information content (AvgIpc) is 0. The number of hydrogen-bond acceptors (Lipinski definition) is 0. The van der Waals surface area contributed by atoms with E-state index in [2.05, 4.69) is 0 Å². The van der Waals surface area contributed by atoms with Crippen molar-refractivity contribution in [3.05, 3.63) is 0 Å². The maximum Gasteiger partial charge on any atom is 0 e. The monoisotopic (exact) mass is 226 g/mol. The number of rotatable bonds is 0. The first-order valence-corrected chi connectivity index (χ1v) is 0. The molecule has 0 amide bonds. The molecule has 0 atom stereocenters. The van der Waals surface area contributed by atoms with Gasteiger partial charge in [-0.25, -0.2) is 0 Å². The second-order valence-corrected chi connectivity index (χ2v) is 0. The summed E-state index contributed by atoms with van der Waals surface area (Å²) < 4.78 is 0. The summed E-state index contributed by atoms with van der Waals surface area (Å²) in [5.74, 6) is 0. The Morgan fingerprint density at radius 2 is 0.286 bits per heavy atom. The van der Waals surface area contributed by atoms with Crippen LogP contribution in [0, 0.1) is 0 Å². The summed E-state index contributed by atoms with van der Waals surface area (Å²) in [6.45, 7) is 0. The Kier molecular flexibility index (Phi) is 2010000. The van der Waals surface area contributed by atoms with Gasteiger partial charge in [-0.05, 0) is 0 Å². The molecule has 58 valence electrons. The van der Waals surface area contributed by atoms with Gasteiger partial charge in [0.15, 0.2) is 0 Å². The summed E-state index contributed by atoms with van der Waals surface area (Å²) >= 11 is 0. The maximum atomic E-state index is 0. The van der Waals surface area contributed by atoms with E-state index in [4.69, 9.17) is 0 Å². The Labute approximate surface area is 49.5 Å². The van der Waals surface area contributed by atoms with Crippen molar-refractivity contribution in [1.82, 2.24) is 0 Å². The first-order valence-electron chi connectivity index (χ1n) is 0. The zero-order valence-corrected chi connectivity index (χ0v) is 4.32. The molecule has 0 nitrogen and oxygen atoms in total. The van der Waals surface area contributed by atoms with Crippen LogP contribution in [0.3, 0.4) is 0 Å². The summed E-state index contributed by atoms with van der Waals surface area (Å²) in [6, 6.07) is 0. The number of halogens is 6. The van der Waals surface area contributed by atoms with E-state index in [0.29, 0.717) is 0 Å². The molecule has 0 heterocycles. The van der Waals surface area contributed by atoms with Gasteiger partial charge in [0.2, 0.25) is 0 Å². The van der Waals surface area contributed by atoms with Gasteiger partial charge in [-0.3, -0.25) is 28.2 Å². The van der Waals surface area contributed by atoms with Crippen molar-refractivity contribution in [1.29, 1.82) is 0 Å². The molecule has 0 aliphatic heterocycles. The Morgan fingerprint density at radius 1 is 0.286 bits per heavy atom. The fraction of sp³-hybridized carbons (Fsp3) is 0. The van der Waals surface area contributed by atoms with Gasteiger partial charge in [0.05, 0.1) is 0 Å². The van der Waals surface area contributed by atoms with Crippen molar-refractivity contribution < 1.29 is 48.6 Å². The van der Waals surface area contributed by atoms with E-state index in [1.54, 1.807) is 0 Å². The van der Waals surface area contributed by atoms with E-state index < -0.39 is 0 Å². The third-order valence-corrected chi connectivity index (χ3v) is 0. The fourth-order valence-electron chi connectivity index (χ4n) is 0. The molecule has 0 aliphatic carbocycles. The van der Waals surface area contributed by atoms with Gasteiger partial charge in [-0.1, -0.05) is 0 Å². The Morgan fingerprint density at radius 3 is 0.286 bits per heavy atom. The van der Waals surface area contributed by atoms with Crippen molar-refractivity contribution in [2.75, 3.05) is 0 Å². The molecular weight excluding hydrogens is 220 g/mol. The molecule has 7 heavy (non-hydrogen) atoms. The van der Waals surface area contributed by atoms with Crippen LogP contribution in [0.1, 0.15) is 0 Å². The van der Waals surface area contributed by atoms with E-state index in [9.17, 15) is 0 Å². The predicted octanol–water partition coefficient (Wildman–Crippen LogP) is 0.912. The third-order valence-electron chi connectivity index (χ3n) is 0. The largest absolute Gasteiger partial charge is 0.269 e. The molecule has 0 aromatic heterocycles. The summed E-state index contributed by atoms with van der Waals surface area (Å²) in [5, 5.41) is 0. The van der Waals surface area contributed by atoms with Gasteiger partial charge in [-0.2, -0.15) is 0 Å². The minimum atomic E-state index is 0. The molecule has 0 fully saturated rings. The topological polar surface area (TPSA) is 0 Å². The van der Waals surface area contributed by atoms with Gasteiger partial charge < -0.3 is 0 Å². The maximum absolute atomic E-state index is 0. The van der Waals surface area contributed by atoms with Crippen molar-refractivity contribution in [3.63, 3.8) is 0 Å². The summed E-state index contributed by atoms with van der Waals surface area (Å²) in [5.41, 5.74) is 0. The van der Waals surface area contributed by atoms with Crippen LogP contribution in [-0.4, -0.2) is 0 Å². The third kappa shape index (κ3) is 1910. The predicted molar refractivity (Wildman–Crippen MR) is 15.0 cm³/mol. The molecule has 7 heteroatoms. The zero-order valence-electron chi connectivity index (χ0n) is 2.77. The number of hydrogen-bond donors (Lipinski definition) is 0. The van der Waals surface area contributed by atoms with Crippen LogP contribution in [0.15, 0.2) is 0 Å². The SMILES string of the molecule is F.F.F.F.F.F.[Pd]. The van der Waals surface area contributed by atoms with E-state index in [0.717, 1.165) is 0 Å². The van der Waals surface area contributed by atoms with Crippen LogP contribution in [0.5, 0.6) is 0 Å². The van der Waals surface area contributed by atoms with Gasteiger partial charge in [0, 0.05) is 20.4 Å². The standard InChI is InChI=1S/6FH.Pd/h6*1H;. The smallest absolute Gasteiger partial charge is 0 e. The van der Waals surface area contributed by atoms with E-state index in [-0.39, 0.29) is 48.6 Å². The van der Waals surface area contributed by atoms with Crippen molar-refractivity contribution >= 4 is 0 Å². The van der Waals surface area contributed by atoms with Gasteiger partial charge in [0.1, 0.15) is 0 Å². The van der Waals surface area contributed by atoms with Crippen LogP contribution in [0.4, 0.5) is 28.2 Å². The van der Waals surface area contributed by atoms with Crippen LogP contribution < -0.4 is 0 Å². The minimum Gasteiger partial charge on any atom is -0.269 e. The molecular formula is H6F6Pd. The van der Waals surface area contributed by atoms with Crippen LogP contribution in [0.25, 0.3) is 0 Å². The van der Waals surface area contributed by atoms with E-state index in [1.807, 2.05) is 0 Å². The first-order chi connectivity index (χ1) is 0. The normalized spacial score (nSPS) is 0. The second-order valence-electron chi connectivity index (χ2n) is 0. The molecule has 0 spiro atoms. The molecule has 0 N–H and O–H groups in total. The zero-order chi connectivity index (χ0) is 0. The van der Waals surface area contributed by atoms with Gasteiger partial charge in [0.25, 0.3) is 0 Å². The minimum absolute atomic E-state index is 0. The summed E-state index contributed by atoms with van der Waals surface area (Å²) in [7, 11) is 0. The van der Waals surface area contributed by atoms with Crippen molar-refractivity contribution in [2.45, 2.75) is 0 Å². The van der Waals surface area contributed by atoms with Crippen molar-refractivity contribution in [2.24, 2.45) is 0 Å². The molecule has 0 rings (SSSR count).